The second kappa shape index (κ2) is 5.04. The lowest BCUT2D eigenvalue weighted by molar-refractivity contribution is -0.134. The van der Waals surface area contributed by atoms with Crippen LogP contribution in [0.3, 0.4) is 0 Å². The molecular formula is C9H14F3N3. The van der Waals surface area contributed by atoms with Gasteiger partial charge in [0.05, 0.1) is 0 Å². The molecule has 6 heteroatoms. The highest BCUT2D eigenvalue weighted by molar-refractivity contribution is 5.25. The molecule has 1 aromatic rings. The van der Waals surface area contributed by atoms with E-state index in [1.807, 2.05) is 11.5 Å². The largest absolute Gasteiger partial charge is 0.389 e. The Morgan fingerprint density at radius 1 is 1.47 bits per heavy atom. The lowest BCUT2D eigenvalue weighted by atomic mass is 10.3. The van der Waals surface area contributed by atoms with Gasteiger partial charge in [0, 0.05) is 31.9 Å². The summed E-state index contributed by atoms with van der Waals surface area (Å²) in [6.07, 6.45) is -1.35. The zero-order valence-corrected chi connectivity index (χ0v) is 8.51. The fourth-order valence-electron chi connectivity index (χ4n) is 1.22. The molecule has 0 aliphatic carbocycles. The molecule has 0 aliphatic rings. The first kappa shape index (κ1) is 11.9. The van der Waals surface area contributed by atoms with Crippen molar-refractivity contribution in [2.75, 3.05) is 11.9 Å². The molecule has 0 fully saturated rings. The van der Waals surface area contributed by atoms with E-state index in [9.17, 15) is 13.2 Å². The molecule has 1 N–H and O–H groups in total. The van der Waals surface area contributed by atoms with Crippen LogP contribution in [0.4, 0.5) is 19.1 Å². The fourth-order valence-corrected chi connectivity index (χ4v) is 1.22. The minimum atomic E-state index is -4.07. The summed E-state index contributed by atoms with van der Waals surface area (Å²) in [6.45, 7) is 2.99. The monoisotopic (exact) mass is 221 g/mol. The molecule has 86 valence electrons. The number of nitrogens with zero attached hydrogens (tertiary/aromatic N) is 2. The van der Waals surface area contributed by atoms with E-state index in [-0.39, 0.29) is 13.0 Å². The van der Waals surface area contributed by atoms with E-state index in [4.69, 9.17) is 0 Å². The number of hydrogen-bond acceptors (Lipinski definition) is 2. The molecule has 0 amide bonds. The number of imidazole rings is 1. The van der Waals surface area contributed by atoms with Gasteiger partial charge in [-0.1, -0.05) is 0 Å². The third-order valence-corrected chi connectivity index (χ3v) is 1.98. The Labute approximate surface area is 86.3 Å². The second-order valence-corrected chi connectivity index (χ2v) is 3.18. The van der Waals surface area contributed by atoms with Crippen LogP contribution < -0.4 is 5.32 Å². The van der Waals surface area contributed by atoms with Crippen LogP contribution in [-0.2, 0) is 6.54 Å². The molecule has 1 rings (SSSR count). The van der Waals surface area contributed by atoms with Crippen molar-refractivity contribution in [3.8, 4) is 0 Å². The molecular weight excluding hydrogens is 207 g/mol. The highest BCUT2D eigenvalue weighted by atomic mass is 19.4. The van der Waals surface area contributed by atoms with Crippen LogP contribution in [-0.4, -0.2) is 22.3 Å². The SMILES string of the molecule is CCn1ccnc1NCCCC(F)(F)F. The minimum Gasteiger partial charge on any atom is -0.356 e. The summed E-state index contributed by atoms with van der Waals surface area (Å²) in [4.78, 5) is 3.99. The zero-order valence-electron chi connectivity index (χ0n) is 8.51. The van der Waals surface area contributed by atoms with Gasteiger partial charge in [0.2, 0.25) is 5.95 Å². The summed E-state index contributed by atoms with van der Waals surface area (Å²) < 4.78 is 37.3. The number of hydrogen-bond donors (Lipinski definition) is 1. The Morgan fingerprint density at radius 2 is 2.20 bits per heavy atom. The third-order valence-electron chi connectivity index (χ3n) is 1.98. The van der Waals surface area contributed by atoms with Gasteiger partial charge in [0.15, 0.2) is 0 Å². The van der Waals surface area contributed by atoms with Gasteiger partial charge in [-0.05, 0) is 13.3 Å². The summed E-state index contributed by atoms with van der Waals surface area (Å²) in [7, 11) is 0. The molecule has 15 heavy (non-hydrogen) atoms. The average molecular weight is 221 g/mol. The molecule has 0 aromatic carbocycles. The number of rotatable bonds is 5. The zero-order chi connectivity index (χ0) is 11.3. The first-order valence-electron chi connectivity index (χ1n) is 4.84. The van der Waals surface area contributed by atoms with Crippen molar-refractivity contribution in [3.05, 3.63) is 12.4 Å². The van der Waals surface area contributed by atoms with E-state index in [0.29, 0.717) is 5.95 Å². The molecule has 0 atom stereocenters. The molecule has 0 spiro atoms. The maximum absolute atomic E-state index is 11.8. The van der Waals surface area contributed by atoms with Crippen molar-refractivity contribution in [2.45, 2.75) is 32.5 Å². The summed E-state index contributed by atoms with van der Waals surface area (Å²) in [5, 5.41) is 2.87. The first-order valence-corrected chi connectivity index (χ1v) is 4.84. The summed E-state index contributed by atoms with van der Waals surface area (Å²) >= 11 is 0. The van der Waals surface area contributed by atoms with Gasteiger partial charge in [0.25, 0.3) is 0 Å². The number of alkyl halides is 3. The Bertz CT molecular complexity index is 293. The van der Waals surface area contributed by atoms with Crippen LogP contribution in [0.5, 0.6) is 0 Å². The number of halogens is 3. The van der Waals surface area contributed by atoms with Crippen LogP contribution in [0.2, 0.25) is 0 Å². The first-order chi connectivity index (χ1) is 7.03. The van der Waals surface area contributed by atoms with E-state index in [2.05, 4.69) is 10.3 Å². The normalized spacial score (nSPS) is 11.7. The predicted octanol–water partition coefficient (Wildman–Crippen LogP) is 2.66. The molecule has 0 saturated heterocycles. The van der Waals surface area contributed by atoms with Crippen molar-refractivity contribution < 1.29 is 13.2 Å². The van der Waals surface area contributed by atoms with Crippen LogP contribution in [0, 0.1) is 0 Å². The molecule has 1 aromatic heterocycles. The maximum atomic E-state index is 11.8. The molecule has 0 saturated carbocycles. The van der Waals surface area contributed by atoms with E-state index < -0.39 is 12.6 Å². The Balaban J connectivity index is 2.26. The molecule has 3 nitrogen and oxygen atoms in total. The highest BCUT2D eigenvalue weighted by Crippen LogP contribution is 2.21. The van der Waals surface area contributed by atoms with E-state index in [0.717, 1.165) is 6.54 Å². The smallest absolute Gasteiger partial charge is 0.356 e. The standard InChI is InChI=1S/C9H14F3N3/c1-2-15-7-6-14-8(15)13-5-3-4-9(10,11)12/h6-7H,2-5H2,1H3,(H,13,14). The minimum absolute atomic E-state index is 0.0695. The average Bonchev–Trinajstić information content (AvgIpc) is 2.58. The van der Waals surface area contributed by atoms with E-state index in [1.165, 1.54) is 0 Å². The van der Waals surface area contributed by atoms with Gasteiger partial charge in [0.1, 0.15) is 0 Å². The van der Waals surface area contributed by atoms with E-state index >= 15 is 0 Å². The van der Waals surface area contributed by atoms with Gasteiger partial charge in [-0.25, -0.2) is 4.98 Å². The maximum Gasteiger partial charge on any atom is 0.389 e. The lowest BCUT2D eigenvalue weighted by Crippen LogP contribution is -2.12. The van der Waals surface area contributed by atoms with Gasteiger partial charge in [-0.15, -0.1) is 0 Å². The fraction of sp³-hybridized carbons (Fsp3) is 0.667. The van der Waals surface area contributed by atoms with E-state index in [1.54, 1.807) is 12.4 Å². The van der Waals surface area contributed by atoms with Crippen molar-refractivity contribution in [1.82, 2.24) is 9.55 Å². The van der Waals surface area contributed by atoms with Crippen LogP contribution in [0.1, 0.15) is 19.8 Å². The summed E-state index contributed by atoms with van der Waals surface area (Å²) in [6, 6.07) is 0. The Hall–Kier alpha value is -1.20. The molecule has 0 aliphatic heterocycles. The molecule has 1 heterocycles. The van der Waals surface area contributed by atoms with Crippen LogP contribution in [0.15, 0.2) is 12.4 Å². The van der Waals surface area contributed by atoms with Crippen LogP contribution >= 0.6 is 0 Å². The number of aryl methyl sites for hydroxylation is 1. The summed E-state index contributed by atoms with van der Waals surface area (Å²) in [5.41, 5.74) is 0. The quantitative estimate of drug-likeness (QED) is 0.774. The number of anilines is 1. The van der Waals surface area contributed by atoms with Crippen LogP contribution in [0.25, 0.3) is 0 Å². The highest BCUT2D eigenvalue weighted by Gasteiger charge is 2.25. The number of aromatic nitrogens is 2. The predicted molar refractivity (Wildman–Crippen MR) is 51.7 cm³/mol. The van der Waals surface area contributed by atoms with Gasteiger partial charge < -0.3 is 9.88 Å². The Morgan fingerprint density at radius 3 is 2.80 bits per heavy atom. The third kappa shape index (κ3) is 4.22. The second-order valence-electron chi connectivity index (χ2n) is 3.18. The molecule has 0 bridgehead atoms. The lowest BCUT2D eigenvalue weighted by Gasteiger charge is -2.08. The van der Waals surface area contributed by atoms with Crippen molar-refractivity contribution in [1.29, 1.82) is 0 Å². The van der Waals surface area contributed by atoms with Crippen molar-refractivity contribution >= 4 is 5.95 Å². The van der Waals surface area contributed by atoms with Crippen molar-refractivity contribution in [3.63, 3.8) is 0 Å². The topological polar surface area (TPSA) is 29.9 Å². The van der Waals surface area contributed by atoms with Crippen molar-refractivity contribution in [2.24, 2.45) is 0 Å². The van der Waals surface area contributed by atoms with Gasteiger partial charge >= 0.3 is 6.18 Å². The molecule has 0 unspecified atom stereocenters. The van der Waals surface area contributed by atoms with Gasteiger partial charge in [-0.2, -0.15) is 13.2 Å². The number of nitrogens with one attached hydrogen (secondary N) is 1. The summed E-state index contributed by atoms with van der Waals surface area (Å²) in [5.74, 6) is 0.625. The molecule has 0 radical (unpaired) electrons. The van der Waals surface area contributed by atoms with Gasteiger partial charge in [-0.3, -0.25) is 0 Å². The Kier molecular flexibility index (Phi) is 3.99.